The van der Waals surface area contributed by atoms with Gasteiger partial charge in [-0.3, -0.25) is 0 Å². The van der Waals surface area contributed by atoms with Gasteiger partial charge in [-0.05, 0) is 77.7 Å². The van der Waals surface area contributed by atoms with E-state index in [1.54, 1.807) is 0 Å². The third-order valence-corrected chi connectivity index (χ3v) is 4.92. The Bertz CT molecular complexity index is 209. The molecule has 0 saturated carbocycles. The van der Waals surface area contributed by atoms with Crippen molar-refractivity contribution >= 4 is 0 Å². The summed E-state index contributed by atoms with van der Waals surface area (Å²) in [5.41, 5.74) is 0. The third-order valence-electron chi connectivity index (χ3n) is 4.92. The Kier molecular flexibility index (Phi) is 5.30. The second kappa shape index (κ2) is 6.75. The van der Waals surface area contributed by atoms with Gasteiger partial charge in [0.15, 0.2) is 0 Å². The average molecular weight is 238 g/mol. The lowest BCUT2D eigenvalue weighted by molar-refractivity contribution is 0.130. The second-order valence-electron chi connectivity index (χ2n) is 6.05. The van der Waals surface area contributed by atoms with Gasteiger partial charge >= 0.3 is 0 Å². The van der Waals surface area contributed by atoms with E-state index in [4.69, 9.17) is 0 Å². The van der Waals surface area contributed by atoms with Crippen LogP contribution in [0.25, 0.3) is 0 Å². The van der Waals surface area contributed by atoms with Crippen LogP contribution in [0.2, 0.25) is 0 Å². The van der Waals surface area contributed by atoms with Crippen molar-refractivity contribution < 1.29 is 0 Å². The normalized spacial score (nSPS) is 29.6. The monoisotopic (exact) mass is 238 g/mol. The minimum absolute atomic E-state index is 0.847. The molecule has 2 aliphatic heterocycles. The zero-order chi connectivity index (χ0) is 12.1. The summed E-state index contributed by atoms with van der Waals surface area (Å²) >= 11 is 0. The van der Waals surface area contributed by atoms with Gasteiger partial charge in [-0.2, -0.15) is 0 Å². The topological polar surface area (TPSA) is 6.48 Å². The largest absolute Gasteiger partial charge is 0.304 e. The van der Waals surface area contributed by atoms with Crippen molar-refractivity contribution in [3.63, 3.8) is 0 Å². The fraction of sp³-hybridized carbons (Fsp3) is 1.00. The summed E-state index contributed by atoms with van der Waals surface area (Å²) < 4.78 is 0. The Morgan fingerprint density at radius 3 is 2.41 bits per heavy atom. The first-order chi connectivity index (χ1) is 8.29. The van der Waals surface area contributed by atoms with Crippen molar-refractivity contribution in [2.75, 3.05) is 32.7 Å². The molecule has 2 aliphatic rings. The zero-order valence-corrected chi connectivity index (χ0v) is 11.8. The predicted octanol–water partition coefficient (Wildman–Crippen LogP) is 2.98. The molecule has 2 nitrogen and oxygen atoms in total. The highest BCUT2D eigenvalue weighted by atomic mass is 15.2. The van der Waals surface area contributed by atoms with Crippen molar-refractivity contribution in [1.29, 1.82) is 0 Å². The summed E-state index contributed by atoms with van der Waals surface area (Å²) in [6, 6.07) is 0.847. The van der Waals surface area contributed by atoms with E-state index in [1.165, 1.54) is 71.2 Å². The molecule has 0 bridgehead atoms. The number of hydrogen-bond acceptors (Lipinski definition) is 2. The van der Waals surface area contributed by atoms with E-state index in [-0.39, 0.29) is 0 Å². The fourth-order valence-corrected chi connectivity index (χ4v) is 3.43. The van der Waals surface area contributed by atoms with Crippen LogP contribution in [0.1, 0.15) is 52.4 Å². The van der Waals surface area contributed by atoms with E-state index < -0.39 is 0 Å². The number of piperidine rings is 2. The number of nitrogens with zero attached hydrogens (tertiary/aromatic N) is 2. The summed E-state index contributed by atoms with van der Waals surface area (Å²) in [6.07, 6.45) is 8.63. The highest BCUT2D eigenvalue weighted by Crippen LogP contribution is 2.23. The molecular formula is C15H30N2. The van der Waals surface area contributed by atoms with Crippen molar-refractivity contribution in [1.82, 2.24) is 9.80 Å². The van der Waals surface area contributed by atoms with Gasteiger partial charge in [0.25, 0.3) is 0 Å². The van der Waals surface area contributed by atoms with Gasteiger partial charge < -0.3 is 9.80 Å². The van der Waals surface area contributed by atoms with Crippen LogP contribution < -0.4 is 0 Å². The van der Waals surface area contributed by atoms with Crippen molar-refractivity contribution in [3.8, 4) is 0 Å². The quantitative estimate of drug-likeness (QED) is 0.743. The van der Waals surface area contributed by atoms with Gasteiger partial charge in [0.1, 0.15) is 0 Å². The van der Waals surface area contributed by atoms with Crippen LogP contribution in [0.3, 0.4) is 0 Å². The molecule has 0 radical (unpaired) electrons. The molecule has 0 aromatic heterocycles. The van der Waals surface area contributed by atoms with Gasteiger partial charge in [0.05, 0.1) is 0 Å². The van der Waals surface area contributed by atoms with Crippen molar-refractivity contribution in [2.24, 2.45) is 5.92 Å². The predicted molar refractivity (Wildman–Crippen MR) is 74.3 cm³/mol. The zero-order valence-electron chi connectivity index (χ0n) is 11.8. The highest BCUT2D eigenvalue weighted by Gasteiger charge is 2.21. The lowest BCUT2D eigenvalue weighted by Gasteiger charge is -2.36. The number of rotatable bonds is 4. The average Bonchev–Trinajstić information content (AvgIpc) is 2.38. The first kappa shape index (κ1) is 13.4. The Morgan fingerprint density at radius 2 is 1.76 bits per heavy atom. The van der Waals surface area contributed by atoms with Crippen LogP contribution in [0, 0.1) is 5.92 Å². The van der Waals surface area contributed by atoms with Gasteiger partial charge in [0.2, 0.25) is 0 Å². The summed E-state index contributed by atoms with van der Waals surface area (Å²) in [7, 11) is 0. The highest BCUT2D eigenvalue weighted by molar-refractivity contribution is 4.76. The molecule has 1 unspecified atom stereocenters. The maximum absolute atomic E-state index is 2.73. The molecule has 1 atom stereocenters. The standard InChI is InChI=1S/C15H30N2/c1-3-16-11-7-15(8-12-16)9-13-17-10-5-4-6-14(17)2/h14-15H,3-13H2,1-2H3. The molecule has 2 fully saturated rings. The molecule has 100 valence electrons. The van der Waals surface area contributed by atoms with Crippen molar-refractivity contribution in [2.45, 2.75) is 58.4 Å². The van der Waals surface area contributed by atoms with Gasteiger partial charge in [-0.15, -0.1) is 0 Å². The Balaban J connectivity index is 1.65. The van der Waals surface area contributed by atoms with Crippen LogP contribution in [0.15, 0.2) is 0 Å². The van der Waals surface area contributed by atoms with E-state index in [0.29, 0.717) is 0 Å². The van der Waals surface area contributed by atoms with Crippen LogP contribution >= 0.6 is 0 Å². The molecular weight excluding hydrogens is 208 g/mol. The molecule has 2 rings (SSSR count). The number of hydrogen-bond donors (Lipinski definition) is 0. The summed E-state index contributed by atoms with van der Waals surface area (Å²) in [5.74, 6) is 1.01. The van der Waals surface area contributed by atoms with Gasteiger partial charge in [0, 0.05) is 6.04 Å². The van der Waals surface area contributed by atoms with E-state index >= 15 is 0 Å². The van der Waals surface area contributed by atoms with Gasteiger partial charge in [-0.1, -0.05) is 13.3 Å². The lowest BCUT2D eigenvalue weighted by Crippen LogP contribution is -2.40. The first-order valence-electron chi connectivity index (χ1n) is 7.76. The first-order valence-corrected chi connectivity index (χ1v) is 7.76. The van der Waals surface area contributed by atoms with Crippen molar-refractivity contribution in [3.05, 3.63) is 0 Å². The van der Waals surface area contributed by atoms with E-state index in [9.17, 15) is 0 Å². The van der Waals surface area contributed by atoms with Gasteiger partial charge in [-0.25, -0.2) is 0 Å². The van der Waals surface area contributed by atoms with Crippen LogP contribution in [0.4, 0.5) is 0 Å². The van der Waals surface area contributed by atoms with E-state index in [2.05, 4.69) is 23.6 Å². The molecule has 2 heteroatoms. The molecule has 0 N–H and O–H groups in total. The lowest BCUT2D eigenvalue weighted by atomic mass is 9.92. The van der Waals surface area contributed by atoms with Crippen LogP contribution in [-0.2, 0) is 0 Å². The molecule has 0 spiro atoms. The second-order valence-corrected chi connectivity index (χ2v) is 6.05. The molecule has 0 aliphatic carbocycles. The Hall–Kier alpha value is -0.0800. The maximum atomic E-state index is 2.73. The van der Waals surface area contributed by atoms with E-state index in [1.807, 2.05) is 0 Å². The minimum Gasteiger partial charge on any atom is -0.304 e. The molecule has 2 heterocycles. The molecule has 0 amide bonds. The minimum atomic E-state index is 0.847. The summed E-state index contributed by atoms with van der Waals surface area (Å²) in [5, 5.41) is 0. The Labute approximate surface area is 107 Å². The van der Waals surface area contributed by atoms with E-state index in [0.717, 1.165) is 12.0 Å². The maximum Gasteiger partial charge on any atom is 0.00669 e. The van der Waals surface area contributed by atoms with Crippen LogP contribution in [-0.4, -0.2) is 48.6 Å². The molecule has 17 heavy (non-hydrogen) atoms. The summed E-state index contributed by atoms with van der Waals surface area (Å²) in [6.45, 7) is 11.4. The Morgan fingerprint density at radius 1 is 1.00 bits per heavy atom. The molecule has 2 saturated heterocycles. The fourth-order valence-electron chi connectivity index (χ4n) is 3.43. The summed E-state index contributed by atoms with van der Waals surface area (Å²) in [4.78, 5) is 5.33. The number of likely N-dealkylation sites (tertiary alicyclic amines) is 2. The molecule has 0 aromatic carbocycles. The third kappa shape index (κ3) is 3.96. The SMILES string of the molecule is CCN1CCC(CCN2CCCCC2C)CC1. The smallest absolute Gasteiger partial charge is 0.00669 e. The van der Waals surface area contributed by atoms with Crippen LogP contribution in [0.5, 0.6) is 0 Å². The molecule has 0 aromatic rings.